The highest BCUT2D eigenvalue weighted by molar-refractivity contribution is 7.98. The fourth-order valence-corrected chi connectivity index (χ4v) is 24.6. The molecular weight excluding hydrogens is 2110 g/mol. The predicted octanol–water partition coefficient (Wildman–Crippen LogP) is 23.3. The van der Waals surface area contributed by atoms with Crippen LogP contribution in [0.3, 0.4) is 0 Å². The van der Waals surface area contributed by atoms with E-state index < -0.39 is 109 Å². The quantitative estimate of drug-likeness (QED) is 0.00804. The Kier molecular flexibility index (Phi) is 51.6. The van der Waals surface area contributed by atoms with Crippen LogP contribution in [-0.2, 0) is 127 Å². The lowest BCUT2D eigenvalue weighted by atomic mass is 9.95. The highest BCUT2D eigenvalue weighted by Crippen LogP contribution is 2.45. The number of ether oxygens (including phenoxy) is 4. The molecule has 23 nitrogen and oxygen atoms in total. The third kappa shape index (κ3) is 39.0. The van der Waals surface area contributed by atoms with Crippen molar-refractivity contribution in [3.05, 3.63) is 364 Å². The van der Waals surface area contributed by atoms with Gasteiger partial charge in [0.15, 0.2) is 101 Å². The van der Waals surface area contributed by atoms with Crippen molar-refractivity contribution >= 4 is 114 Å². The van der Waals surface area contributed by atoms with Gasteiger partial charge in [-0.2, -0.15) is 43.5 Å². The Bertz CT molecular complexity index is 5640. The number of hydrogen-bond donors (Lipinski definition) is 3. The maximum atomic E-state index is 12.9. The standard InChI is InChI=1S/4C18H15S.C14H26F2O5S.C9H10F2O6S.C8H12F2O6S.C8H14F2O6S/c4*1-4-10-16(11-5-1)19(17-12-6-2-7-13-17)18-14-8-3-9-15-18;1-2-3-4-5-6-7-8-9-10-11-12-21-13(17)14(15,16)22(18,19)20;10-9(11,18(14,15)16)8(13)17-7-5-2-1-4(3-5)6(7)12;9-8(10,17(13,14)15)7(12)16-6-4-2-1-3-5(6)11;9-8(10,17(13,14)15)7(12)16-6-4-2-1-3-5-11/h4*1-15H;2-12H2,1H3,(H,18,19,20);4-5,7H,1-3H2,(H,14,15,16);5-6,11H,1-4H2,(H,13,14,15);11H,1-6H2,(H,13,14,15)/q4*+1;;;;/p-3. The van der Waals surface area contributed by atoms with Crippen molar-refractivity contribution < 1.29 is 140 Å². The monoisotopic (exact) mass is 2230 g/mol. The van der Waals surface area contributed by atoms with Gasteiger partial charge in [-0.15, -0.1) is 0 Å². The van der Waals surface area contributed by atoms with Gasteiger partial charge in [-0.05, 0) is 210 Å². The fourth-order valence-electron chi connectivity index (χ4n) is 15.2. The normalized spacial score (nSPS) is 15.4. The summed E-state index contributed by atoms with van der Waals surface area (Å²) in [7, 11) is -24.1. The number of halogens is 8. The molecule has 5 unspecified atom stereocenters. The van der Waals surface area contributed by atoms with Crippen molar-refractivity contribution in [3.63, 3.8) is 0 Å². The third-order valence-corrected chi connectivity index (χ3v) is 34.8. The van der Waals surface area contributed by atoms with Crippen molar-refractivity contribution in [2.45, 2.75) is 240 Å². The largest absolute Gasteiger partial charge is 0.743 e. The van der Waals surface area contributed by atoms with Crippen molar-refractivity contribution in [1.29, 1.82) is 0 Å². The van der Waals surface area contributed by atoms with Gasteiger partial charge in [-0.1, -0.05) is 296 Å². The van der Waals surface area contributed by atoms with Crippen LogP contribution in [0.1, 0.15) is 142 Å². The first-order valence-electron chi connectivity index (χ1n) is 48.1. The summed E-state index contributed by atoms with van der Waals surface area (Å²) in [5, 5.41) is -2.45. The highest BCUT2D eigenvalue weighted by atomic mass is 32.2. The molecule has 39 heteroatoms. The molecule has 804 valence electrons. The molecule has 3 N–H and O–H groups in total. The Morgan fingerprint density at radius 1 is 0.313 bits per heavy atom. The van der Waals surface area contributed by atoms with Crippen molar-refractivity contribution in [2.75, 3.05) is 19.8 Å². The van der Waals surface area contributed by atoms with E-state index in [0.29, 0.717) is 64.2 Å². The highest BCUT2D eigenvalue weighted by Gasteiger charge is 2.57. The van der Waals surface area contributed by atoms with E-state index in [1.807, 2.05) is 0 Å². The van der Waals surface area contributed by atoms with Crippen molar-refractivity contribution in [3.8, 4) is 0 Å². The molecule has 15 rings (SSSR count). The van der Waals surface area contributed by atoms with E-state index in [0.717, 1.165) is 19.3 Å². The lowest BCUT2D eigenvalue weighted by Gasteiger charge is -2.29. The molecule has 0 spiro atoms. The minimum atomic E-state index is -6.14. The molecule has 0 heterocycles. The van der Waals surface area contributed by atoms with Gasteiger partial charge in [0.05, 0.1) is 62.9 Å². The van der Waals surface area contributed by atoms with E-state index in [2.05, 4.69) is 390 Å². The van der Waals surface area contributed by atoms with Crippen LogP contribution in [0.4, 0.5) is 35.1 Å². The van der Waals surface area contributed by atoms with Crippen LogP contribution in [0.25, 0.3) is 0 Å². The molecule has 12 aromatic carbocycles. The Morgan fingerprint density at radius 2 is 0.533 bits per heavy atom. The first-order valence-corrected chi connectivity index (χ1v) is 58.6. The zero-order valence-electron chi connectivity index (χ0n) is 81.8. The van der Waals surface area contributed by atoms with Gasteiger partial charge in [0, 0.05) is 18.4 Å². The summed E-state index contributed by atoms with van der Waals surface area (Å²) in [6.07, 6.45) is 11.9. The molecular formula is C111H119F8O23S8+. The number of carbonyl (C=O) groups excluding carboxylic acids is 5. The summed E-state index contributed by atoms with van der Waals surface area (Å²) in [4.78, 5) is 71.2. The molecule has 5 atom stereocenters. The Labute approximate surface area is 882 Å². The number of fused-ring (bicyclic) bond motifs is 2. The van der Waals surface area contributed by atoms with E-state index >= 15 is 0 Å². The number of ketones is 1. The summed E-state index contributed by atoms with van der Waals surface area (Å²) in [6.45, 7) is 1.51. The van der Waals surface area contributed by atoms with Crippen LogP contribution in [0.2, 0.25) is 0 Å². The van der Waals surface area contributed by atoms with Gasteiger partial charge in [0.1, 0.15) is 6.10 Å². The number of esters is 4. The average Bonchev–Trinajstić information content (AvgIpc) is 1.62. The van der Waals surface area contributed by atoms with Gasteiger partial charge in [-0.25, -0.2) is 44.4 Å². The van der Waals surface area contributed by atoms with Crippen LogP contribution in [0, 0.1) is 11.8 Å². The van der Waals surface area contributed by atoms with E-state index in [1.165, 1.54) is 90.8 Å². The topological polar surface area (TPSA) is 389 Å². The molecule has 0 saturated heterocycles. The van der Waals surface area contributed by atoms with Crippen LogP contribution >= 0.6 is 0 Å². The smallest absolute Gasteiger partial charge is 0.465 e. The molecule has 0 radical (unpaired) electrons. The number of rotatable bonds is 39. The van der Waals surface area contributed by atoms with Gasteiger partial charge in [0.2, 0.25) is 0 Å². The Morgan fingerprint density at radius 3 is 0.753 bits per heavy atom. The summed E-state index contributed by atoms with van der Waals surface area (Å²) in [6, 6.07) is 129. The first kappa shape index (κ1) is 124. The first-order chi connectivity index (χ1) is 71.6. The Hall–Kier alpha value is -11.4. The van der Waals surface area contributed by atoms with Crippen LogP contribution in [0.5, 0.6) is 0 Å². The van der Waals surface area contributed by atoms with Crippen molar-refractivity contribution in [2.24, 2.45) is 11.8 Å². The predicted molar refractivity (Wildman–Crippen MR) is 556 cm³/mol. The lowest BCUT2D eigenvalue weighted by Crippen LogP contribution is -2.44. The number of carbonyl (C=O) groups is 5. The zero-order valence-corrected chi connectivity index (χ0v) is 88.3. The Balaban J connectivity index is 0.000000209. The number of unbranched alkanes of at least 4 members (excludes halogenated alkanes) is 12. The molecule has 3 fully saturated rings. The summed E-state index contributed by atoms with van der Waals surface area (Å²) >= 11 is 0. The van der Waals surface area contributed by atoms with Crippen LogP contribution in [-0.4, -0.2) is 151 Å². The second-order valence-corrected chi connectivity index (χ2v) is 47.6. The van der Waals surface area contributed by atoms with E-state index in [9.17, 15) is 112 Å². The number of hydrogen-bond acceptors (Lipinski definition) is 22. The maximum Gasteiger partial charge on any atom is 0.465 e. The van der Waals surface area contributed by atoms with Crippen LogP contribution < -0.4 is 0 Å². The number of Topliss-reactive ketones (excluding diaryl/α,β-unsaturated/α-hetero) is 1. The molecule has 150 heavy (non-hydrogen) atoms. The number of alkyl halides is 8. The third-order valence-electron chi connectivity index (χ3n) is 22.7. The molecule has 0 aliphatic heterocycles. The van der Waals surface area contributed by atoms with Gasteiger partial charge >= 0.3 is 55.0 Å². The second kappa shape index (κ2) is 62.5. The van der Waals surface area contributed by atoms with Gasteiger partial charge < -0.3 is 42.8 Å². The van der Waals surface area contributed by atoms with E-state index in [1.54, 1.807) is 0 Å². The summed E-state index contributed by atoms with van der Waals surface area (Å²) in [5.74, 6) is -10.6. The lowest BCUT2D eigenvalue weighted by molar-refractivity contribution is -0.175. The minimum absolute atomic E-state index is 0.0145. The molecule has 3 aliphatic carbocycles. The van der Waals surface area contributed by atoms with Crippen molar-refractivity contribution in [1.82, 2.24) is 0 Å². The number of aliphatic hydroxyl groups excluding tert-OH is 2. The molecule has 2 bridgehead atoms. The SMILES string of the molecule is CCCCCCCCCCCCOC(=O)C(F)(F)S(=O)(=O)[O-].O=C(OC1CCCCC1O)C(F)(F)S(=O)(=O)[O-].O=C(OCCCCCCO)C(F)(F)S(=O)(=O)O.O=C1C2CCC(C2)C1OC(=O)C(F)(F)S(=O)(=O)[O-].c1ccc([S+](c2ccccc2)c2ccccc2)cc1.c1ccc([S+](c2ccccc2)c2ccccc2)cc1.c1ccc([S+](c2ccccc2)c2ccccc2)cc1.c1ccc([S+](c2ccccc2)c2ccccc2)cc1. The number of benzene rings is 12. The fraction of sp³-hybridized carbons (Fsp3) is 0.306. The molecule has 3 aliphatic rings. The minimum Gasteiger partial charge on any atom is -0.743 e. The van der Waals surface area contributed by atoms with Gasteiger partial charge in [-0.3, -0.25) is 9.35 Å². The molecule has 12 aromatic rings. The number of aliphatic hydroxyl groups is 2. The molecule has 3 saturated carbocycles. The van der Waals surface area contributed by atoms with Crippen LogP contribution in [0.15, 0.2) is 423 Å². The second-order valence-electron chi connectivity index (χ2n) is 33.8. The summed E-state index contributed by atoms with van der Waals surface area (Å²) < 4.78 is 239. The summed E-state index contributed by atoms with van der Waals surface area (Å²) in [5.41, 5.74) is 0. The van der Waals surface area contributed by atoms with E-state index in [-0.39, 0.29) is 94.5 Å². The zero-order chi connectivity index (χ0) is 109. The maximum absolute atomic E-state index is 12.9. The average molecular weight is 2230 g/mol. The molecule has 0 amide bonds. The van der Waals surface area contributed by atoms with E-state index in [4.69, 9.17) is 9.66 Å². The molecule has 0 aromatic heterocycles. The van der Waals surface area contributed by atoms with Gasteiger partial charge in [0.25, 0.3) is 0 Å².